The number of aryl methyl sites for hydroxylation is 1. The van der Waals surface area contributed by atoms with Crippen molar-refractivity contribution in [2.45, 2.75) is 6.92 Å². The van der Waals surface area contributed by atoms with Gasteiger partial charge in [-0.1, -0.05) is 6.33 Å². The van der Waals surface area contributed by atoms with E-state index in [0.717, 1.165) is 11.5 Å². The van der Waals surface area contributed by atoms with E-state index in [1.54, 1.807) is 7.05 Å². The molecule has 2 rings (SSSR count). The van der Waals surface area contributed by atoms with Gasteiger partial charge in [0.05, 0.1) is 0 Å². The van der Waals surface area contributed by atoms with Crippen LogP contribution in [0, 0.1) is 0 Å². The smallest absolute Gasteiger partial charge is 0.550 e. The molecule has 0 amide bonds. The van der Waals surface area contributed by atoms with Gasteiger partial charge in [-0.2, -0.15) is 0 Å². The average molecular weight is 284 g/mol. The van der Waals surface area contributed by atoms with E-state index in [4.69, 9.17) is 9.90 Å². The Balaban J connectivity index is 0. The number of nitrogens with zero attached hydrogens (tertiary/aromatic N) is 4. The van der Waals surface area contributed by atoms with Gasteiger partial charge >= 0.3 is 64.8 Å². The van der Waals surface area contributed by atoms with E-state index in [9.17, 15) is 9.59 Å². The maximum Gasteiger partial charge on any atom is 1.00 e. The summed E-state index contributed by atoms with van der Waals surface area (Å²) in [6.07, 6.45) is 1.27. The predicted molar refractivity (Wildman–Crippen MR) is 56.2 cm³/mol. The molecule has 10 heteroatoms. The Morgan fingerprint density at radius 1 is 1.26 bits per heavy atom. The van der Waals surface area contributed by atoms with E-state index in [0.29, 0.717) is 5.65 Å². The average Bonchev–Trinajstić information content (AvgIpc) is 2.71. The Kier molecular flexibility index (Phi) is 9.61. The minimum absolute atomic E-state index is 0. The van der Waals surface area contributed by atoms with Crippen molar-refractivity contribution in [1.29, 1.82) is 0 Å². The fraction of sp³-hybridized carbons (Fsp3) is 0.333. The molecule has 0 saturated carbocycles. The third-order valence-electron chi connectivity index (χ3n) is 1.98. The van der Waals surface area contributed by atoms with Crippen LogP contribution in [0.3, 0.4) is 0 Å². The standard InChI is InChI=1S/C7H8N4O2.C2H4O2.2Na/c1-10-5-4(8-3-9-5)6(12)11(2)7(10)13;1-2(3)4;;/h3H,1-2H3,(H,8,9,12);1H3,(H,3,4);;/q;;2*+1/p-2. The summed E-state index contributed by atoms with van der Waals surface area (Å²) in [5.41, 5.74) is -0.244. The quantitative estimate of drug-likeness (QED) is 0.444. The van der Waals surface area contributed by atoms with Gasteiger partial charge in [0.1, 0.15) is 0 Å². The van der Waals surface area contributed by atoms with E-state index in [1.165, 1.54) is 17.9 Å². The molecule has 0 fully saturated rings. The molecule has 92 valence electrons. The maximum atomic E-state index is 11.4. The van der Waals surface area contributed by atoms with E-state index < -0.39 is 17.2 Å². The number of carbonyl (C=O) groups is 1. The van der Waals surface area contributed by atoms with E-state index in [-0.39, 0.29) is 64.6 Å². The topological polar surface area (TPSA) is 111 Å². The van der Waals surface area contributed by atoms with Gasteiger partial charge in [-0.15, -0.1) is 0 Å². The van der Waals surface area contributed by atoms with Crippen LogP contribution < -0.4 is 80.5 Å². The monoisotopic (exact) mass is 284 g/mol. The van der Waals surface area contributed by atoms with Crippen LogP contribution in [0.4, 0.5) is 0 Å². The summed E-state index contributed by atoms with van der Waals surface area (Å²) in [4.78, 5) is 39.3. The molecule has 0 aliphatic carbocycles. The van der Waals surface area contributed by atoms with Gasteiger partial charge in [-0.25, -0.2) is 4.79 Å². The number of hydrogen-bond acceptors (Lipinski definition) is 5. The van der Waals surface area contributed by atoms with Crippen molar-refractivity contribution in [3.05, 3.63) is 27.2 Å². The molecule has 0 aromatic carbocycles. The maximum absolute atomic E-state index is 11.4. The third kappa shape index (κ3) is 4.90. The zero-order valence-corrected chi connectivity index (χ0v) is 15.5. The van der Waals surface area contributed by atoms with Crippen molar-refractivity contribution in [2.75, 3.05) is 0 Å². The fourth-order valence-corrected chi connectivity index (χ4v) is 1.22. The second-order valence-corrected chi connectivity index (χ2v) is 3.24. The third-order valence-corrected chi connectivity index (χ3v) is 1.98. The molecule has 2 aromatic rings. The van der Waals surface area contributed by atoms with Crippen molar-refractivity contribution in [2.24, 2.45) is 14.1 Å². The van der Waals surface area contributed by atoms with Crippen molar-refractivity contribution >= 4 is 17.1 Å². The van der Waals surface area contributed by atoms with E-state index >= 15 is 0 Å². The van der Waals surface area contributed by atoms with Crippen LogP contribution in [0.15, 0.2) is 15.9 Å². The molecule has 8 nitrogen and oxygen atoms in total. The van der Waals surface area contributed by atoms with Gasteiger partial charge in [-0.3, -0.25) is 13.9 Å². The molecule has 0 bridgehead atoms. The fourth-order valence-electron chi connectivity index (χ4n) is 1.22. The molecular formula is C9H10N4Na2O4. The summed E-state index contributed by atoms with van der Waals surface area (Å²) in [6.45, 7) is 0.972. The molecule has 0 aliphatic rings. The minimum Gasteiger partial charge on any atom is -0.550 e. The van der Waals surface area contributed by atoms with E-state index in [2.05, 4.69) is 9.97 Å². The molecule has 0 atom stereocenters. The number of hydrogen-bond donors (Lipinski definition) is 0. The van der Waals surface area contributed by atoms with Crippen LogP contribution in [-0.2, 0) is 18.9 Å². The van der Waals surface area contributed by atoms with Crippen LogP contribution in [-0.4, -0.2) is 20.1 Å². The van der Waals surface area contributed by atoms with Gasteiger partial charge in [0.25, 0.3) is 5.56 Å². The second kappa shape index (κ2) is 8.72. The van der Waals surface area contributed by atoms with Crippen LogP contribution in [0.25, 0.3) is 11.2 Å². The molecule has 2 aromatic heterocycles. The van der Waals surface area contributed by atoms with Gasteiger partial charge in [0.15, 0.2) is 0 Å². The summed E-state index contributed by atoms with van der Waals surface area (Å²) in [7, 11) is 2.97. The van der Waals surface area contributed by atoms with Crippen LogP contribution in [0.2, 0.25) is 0 Å². The molecule has 0 N–H and O–H groups in total. The summed E-state index contributed by atoms with van der Waals surface area (Å²) in [6, 6.07) is 0. The van der Waals surface area contributed by atoms with Crippen molar-refractivity contribution in [1.82, 2.24) is 19.1 Å². The molecule has 0 saturated heterocycles. The summed E-state index contributed by atoms with van der Waals surface area (Å²) < 4.78 is 2.31. The Bertz CT molecular complexity index is 669. The van der Waals surface area contributed by atoms with Gasteiger partial charge in [0.2, 0.25) is 0 Å². The molecule has 0 unspecified atom stereocenters. The molecule has 0 radical (unpaired) electrons. The van der Waals surface area contributed by atoms with Crippen molar-refractivity contribution in [3.63, 3.8) is 0 Å². The Hall–Kier alpha value is -0.380. The molecule has 0 spiro atoms. The Morgan fingerprint density at radius 2 is 1.74 bits per heavy atom. The number of carboxylic acid groups (broad SMARTS) is 1. The van der Waals surface area contributed by atoms with Crippen LogP contribution >= 0.6 is 0 Å². The number of fused-ring (bicyclic) bond motifs is 1. The Labute approximate surface area is 152 Å². The summed E-state index contributed by atoms with van der Waals surface area (Å²) in [5.74, 6) is -1.08. The van der Waals surface area contributed by atoms with Crippen LogP contribution in [0.5, 0.6) is 0 Å². The largest absolute Gasteiger partial charge is 1.00 e. The number of imidazole rings is 1. The number of carbonyl (C=O) groups excluding carboxylic acids is 1. The number of rotatable bonds is 0. The van der Waals surface area contributed by atoms with Gasteiger partial charge < -0.3 is 19.9 Å². The first-order valence-corrected chi connectivity index (χ1v) is 4.57. The Morgan fingerprint density at radius 3 is 2.21 bits per heavy atom. The zero-order valence-electron chi connectivity index (χ0n) is 11.5. The number of aromatic nitrogens is 4. The van der Waals surface area contributed by atoms with E-state index in [1.807, 2.05) is 0 Å². The summed E-state index contributed by atoms with van der Waals surface area (Å²) in [5, 5.41) is 8.89. The first kappa shape index (κ1) is 20.9. The first-order valence-electron chi connectivity index (χ1n) is 4.57. The van der Waals surface area contributed by atoms with Crippen LogP contribution in [0.1, 0.15) is 6.92 Å². The summed E-state index contributed by atoms with van der Waals surface area (Å²) >= 11 is 0. The molecular weight excluding hydrogens is 274 g/mol. The molecule has 19 heavy (non-hydrogen) atoms. The second-order valence-electron chi connectivity index (χ2n) is 3.24. The zero-order chi connectivity index (χ0) is 13.2. The van der Waals surface area contributed by atoms with Crippen molar-refractivity contribution < 1.29 is 69.0 Å². The first-order chi connectivity index (χ1) is 7.86. The van der Waals surface area contributed by atoms with Gasteiger partial charge in [-0.05, 0) is 6.92 Å². The van der Waals surface area contributed by atoms with Crippen molar-refractivity contribution in [3.8, 4) is 0 Å². The predicted octanol–water partition coefficient (Wildman–Crippen LogP) is -8.65. The number of carboxylic acids is 1. The van der Waals surface area contributed by atoms with Gasteiger partial charge in [0, 0.05) is 31.2 Å². The number of aliphatic carboxylic acids is 1. The molecule has 0 aliphatic heterocycles. The molecule has 2 heterocycles. The minimum atomic E-state index is -1.08. The SMILES string of the molecule is CC(=O)[O-].Cn1c(=O)c2[n-]cnc2n(C)c1=O.[Na+].[Na+]. The normalized spacial score (nSPS) is 8.79.